The first-order chi connectivity index (χ1) is 10.8. The highest BCUT2D eigenvalue weighted by Gasteiger charge is 2.06. The van der Waals surface area contributed by atoms with Crippen molar-refractivity contribution in [3.8, 4) is 5.75 Å². The molecule has 2 aromatic rings. The molecule has 0 saturated carbocycles. The first-order valence-electron chi connectivity index (χ1n) is 7.66. The van der Waals surface area contributed by atoms with E-state index in [-0.39, 0.29) is 0 Å². The fraction of sp³-hybridized carbons (Fsp3) is 0.143. The van der Waals surface area contributed by atoms with E-state index in [1.54, 1.807) is 0 Å². The number of hydrogen-bond donors (Lipinski definition) is 0. The Labute approximate surface area is 132 Å². The fourth-order valence-corrected chi connectivity index (χ4v) is 2.53. The molecule has 0 radical (unpaired) electrons. The van der Waals surface area contributed by atoms with Crippen molar-refractivity contribution in [2.45, 2.75) is 13.3 Å². The Morgan fingerprint density at radius 3 is 3.00 bits per heavy atom. The number of aryl methyl sites for hydroxylation is 1. The number of fused-ring (bicyclic) bond motifs is 1. The third kappa shape index (κ3) is 3.20. The highest BCUT2D eigenvalue weighted by atomic mass is 16.5. The molecule has 0 spiro atoms. The summed E-state index contributed by atoms with van der Waals surface area (Å²) in [6.45, 7) is 7.00. The summed E-state index contributed by atoms with van der Waals surface area (Å²) in [5.74, 6) is 0.943. The molecular weight excluding hydrogens is 268 g/mol. The Hall–Kier alpha value is -2.54. The average molecular weight is 288 g/mol. The molecule has 0 aromatic heterocycles. The monoisotopic (exact) mass is 288 g/mol. The fourth-order valence-electron chi connectivity index (χ4n) is 2.53. The van der Waals surface area contributed by atoms with E-state index in [9.17, 15) is 0 Å². The van der Waals surface area contributed by atoms with E-state index in [2.05, 4.69) is 68.1 Å². The summed E-state index contributed by atoms with van der Waals surface area (Å²) < 4.78 is 5.58. The minimum Gasteiger partial charge on any atom is -0.489 e. The zero-order chi connectivity index (χ0) is 15.4. The van der Waals surface area contributed by atoms with Gasteiger partial charge in [-0.3, -0.25) is 0 Å². The Balaban J connectivity index is 1.79. The molecule has 2 aromatic carbocycles. The van der Waals surface area contributed by atoms with Crippen LogP contribution in [0.25, 0.3) is 17.7 Å². The van der Waals surface area contributed by atoms with Gasteiger partial charge in [0.25, 0.3) is 0 Å². The molecular formula is C21H20O. The van der Waals surface area contributed by atoms with Crippen molar-refractivity contribution in [1.29, 1.82) is 0 Å². The zero-order valence-electron chi connectivity index (χ0n) is 12.9. The van der Waals surface area contributed by atoms with Crippen LogP contribution in [0.1, 0.15) is 29.2 Å². The Bertz CT molecular complexity index is 750. The summed E-state index contributed by atoms with van der Waals surface area (Å²) >= 11 is 0. The summed E-state index contributed by atoms with van der Waals surface area (Å²) in [6.07, 6.45) is 9.38. The van der Waals surface area contributed by atoms with Crippen LogP contribution >= 0.6 is 0 Å². The molecule has 1 aliphatic heterocycles. The van der Waals surface area contributed by atoms with Crippen LogP contribution in [0, 0.1) is 0 Å². The minimum absolute atomic E-state index is 0.654. The van der Waals surface area contributed by atoms with E-state index >= 15 is 0 Å². The predicted molar refractivity (Wildman–Crippen MR) is 94.9 cm³/mol. The Kier molecular flexibility index (Phi) is 4.24. The molecule has 1 nitrogen and oxygen atoms in total. The lowest BCUT2D eigenvalue weighted by Crippen LogP contribution is -2.00. The second kappa shape index (κ2) is 6.48. The highest BCUT2D eigenvalue weighted by molar-refractivity contribution is 5.79. The third-order valence-corrected chi connectivity index (χ3v) is 3.85. The van der Waals surface area contributed by atoms with Crippen molar-refractivity contribution in [2.24, 2.45) is 0 Å². The maximum atomic E-state index is 5.58. The van der Waals surface area contributed by atoms with Crippen LogP contribution in [-0.4, -0.2) is 6.61 Å². The van der Waals surface area contributed by atoms with E-state index in [0.29, 0.717) is 6.61 Å². The molecule has 0 amide bonds. The quantitative estimate of drug-likeness (QED) is 0.686. The van der Waals surface area contributed by atoms with Crippen molar-refractivity contribution in [2.75, 3.05) is 6.61 Å². The topological polar surface area (TPSA) is 9.23 Å². The van der Waals surface area contributed by atoms with E-state index in [1.165, 1.54) is 11.1 Å². The zero-order valence-corrected chi connectivity index (χ0v) is 12.9. The molecule has 1 heterocycles. The lowest BCUT2D eigenvalue weighted by atomic mass is 10.0. The molecule has 0 saturated heterocycles. The second-order valence-electron chi connectivity index (χ2n) is 5.42. The SMILES string of the molecule is C=C(/C=C/c1cccc(CC)c1)c1ccc2c(c1)C=CCO2. The van der Waals surface area contributed by atoms with Gasteiger partial charge in [0, 0.05) is 5.56 Å². The van der Waals surface area contributed by atoms with Gasteiger partial charge in [-0.15, -0.1) is 0 Å². The van der Waals surface area contributed by atoms with Crippen molar-refractivity contribution in [1.82, 2.24) is 0 Å². The standard InChI is InChI=1S/C21H20O/c1-3-17-6-4-7-18(14-17)10-9-16(2)19-11-12-21-20(15-19)8-5-13-22-21/h4-12,14-15H,2-3,13H2,1H3/b10-9+. The molecule has 0 N–H and O–H groups in total. The summed E-state index contributed by atoms with van der Waals surface area (Å²) in [7, 11) is 0. The maximum absolute atomic E-state index is 5.58. The molecule has 0 unspecified atom stereocenters. The lowest BCUT2D eigenvalue weighted by Gasteiger charge is -2.13. The van der Waals surface area contributed by atoms with Crippen LogP contribution in [0.3, 0.4) is 0 Å². The van der Waals surface area contributed by atoms with Crippen LogP contribution in [0.4, 0.5) is 0 Å². The number of hydrogen-bond acceptors (Lipinski definition) is 1. The largest absolute Gasteiger partial charge is 0.489 e. The summed E-state index contributed by atoms with van der Waals surface area (Å²) in [6, 6.07) is 14.8. The van der Waals surface area contributed by atoms with Crippen molar-refractivity contribution in [3.05, 3.63) is 83.4 Å². The number of rotatable bonds is 4. The van der Waals surface area contributed by atoms with Gasteiger partial charge in [-0.1, -0.05) is 62.1 Å². The van der Waals surface area contributed by atoms with Gasteiger partial charge in [-0.05, 0) is 46.9 Å². The lowest BCUT2D eigenvalue weighted by molar-refractivity contribution is 0.358. The van der Waals surface area contributed by atoms with Gasteiger partial charge in [0.2, 0.25) is 0 Å². The first-order valence-corrected chi connectivity index (χ1v) is 7.66. The molecule has 22 heavy (non-hydrogen) atoms. The normalized spacial score (nSPS) is 13.0. The third-order valence-electron chi connectivity index (χ3n) is 3.85. The number of ether oxygens (including phenoxy) is 1. The van der Waals surface area contributed by atoms with Gasteiger partial charge in [-0.25, -0.2) is 0 Å². The Morgan fingerprint density at radius 1 is 1.23 bits per heavy atom. The average Bonchev–Trinajstić information content (AvgIpc) is 2.59. The van der Waals surface area contributed by atoms with Crippen LogP contribution < -0.4 is 4.74 Å². The molecule has 0 fully saturated rings. The molecule has 0 atom stereocenters. The smallest absolute Gasteiger partial charge is 0.127 e. The Morgan fingerprint density at radius 2 is 2.14 bits per heavy atom. The van der Waals surface area contributed by atoms with E-state index in [4.69, 9.17) is 4.74 Å². The van der Waals surface area contributed by atoms with Crippen molar-refractivity contribution in [3.63, 3.8) is 0 Å². The van der Waals surface area contributed by atoms with Gasteiger partial charge < -0.3 is 4.74 Å². The molecule has 1 aliphatic rings. The summed E-state index contributed by atoms with van der Waals surface area (Å²) in [4.78, 5) is 0. The second-order valence-corrected chi connectivity index (χ2v) is 5.42. The van der Waals surface area contributed by atoms with E-state index < -0.39 is 0 Å². The van der Waals surface area contributed by atoms with Crippen LogP contribution in [0.5, 0.6) is 5.75 Å². The van der Waals surface area contributed by atoms with Gasteiger partial charge in [0.05, 0.1) is 0 Å². The van der Waals surface area contributed by atoms with Crippen LogP contribution in [0.15, 0.2) is 61.2 Å². The van der Waals surface area contributed by atoms with Crippen molar-refractivity contribution >= 4 is 17.7 Å². The van der Waals surface area contributed by atoms with Crippen LogP contribution in [0.2, 0.25) is 0 Å². The van der Waals surface area contributed by atoms with Gasteiger partial charge >= 0.3 is 0 Å². The number of allylic oxidation sites excluding steroid dienone is 2. The van der Waals surface area contributed by atoms with E-state index in [1.807, 2.05) is 12.1 Å². The first kappa shape index (κ1) is 14.4. The van der Waals surface area contributed by atoms with Gasteiger partial charge in [-0.2, -0.15) is 0 Å². The maximum Gasteiger partial charge on any atom is 0.127 e. The van der Waals surface area contributed by atoms with E-state index in [0.717, 1.165) is 28.9 Å². The molecule has 0 aliphatic carbocycles. The number of benzene rings is 2. The summed E-state index contributed by atoms with van der Waals surface area (Å²) in [5, 5.41) is 0. The molecule has 110 valence electrons. The predicted octanol–water partition coefficient (Wildman–Crippen LogP) is 5.38. The molecule has 3 rings (SSSR count). The van der Waals surface area contributed by atoms with Crippen LogP contribution in [-0.2, 0) is 6.42 Å². The summed E-state index contributed by atoms with van der Waals surface area (Å²) in [5.41, 5.74) is 5.80. The molecule has 1 heteroatoms. The highest BCUT2D eigenvalue weighted by Crippen LogP contribution is 2.27. The van der Waals surface area contributed by atoms with Crippen molar-refractivity contribution < 1.29 is 4.74 Å². The van der Waals surface area contributed by atoms with Gasteiger partial charge in [0.1, 0.15) is 12.4 Å². The van der Waals surface area contributed by atoms with Gasteiger partial charge in [0.15, 0.2) is 0 Å². The minimum atomic E-state index is 0.654. The molecule has 0 bridgehead atoms.